The van der Waals surface area contributed by atoms with Crippen LogP contribution in [0.1, 0.15) is 42.6 Å². The quantitative estimate of drug-likeness (QED) is 0.921. The lowest BCUT2D eigenvalue weighted by Crippen LogP contribution is -2.43. The van der Waals surface area contributed by atoms with Gasteiger partial charge < -0.3 is 4.90 Å². The van der Waals surface area contributed by atoms with Gasteiger partial charge in [0.15, 0.2) is 0 Å². The monoisotopic (exact) mass is 281 g/mol. The highest BCUT2D eigenvalue weighted by molar-refractivity contribution is 7.11. The van der Waals surface area contributed by atoms with Gasteiger partial charge in [0.05, 0.1) is 12.6 Å². The van der Waals surface area contributed by atoms with Crippen LogP contribution in [-0.2, 0) is 4.79 Å². The lowest BCUT2D eigenvalue weighted by Gasteiger charge is -2.30. The first kappa shape index (κ1) is 14.5. The van der Waals surface area contributed by atoms with Gasteiger partial charge in [0, 0.05) is 24.2 Å². The van der Waals surface area contributed by atoms with Crippen LogP contribution in [0.3, 0.4) is 0 Å². The molecule has 0 saturated carbocycles. The molecule has 1 amide bonds. The van der Waals surface area contributed by atoms with Gasteiger partial charge in [-0.15, -0.1) is 11.3 Å². The molecule has 0 radical (unpaired) electrons. The highest BCUT2D eigenvalue weighted by Gasteiger charge is 2.20. The molecule has 1 atom stereocenters. The molecule has 2 heterocycles. The van der Waals surface area contributed by atoms with Crippen molar-refractivity contribution < 1.29 is 4.79 Å². The summed E-state index contributed by atoms with van der Waals surface area (Å²) in [6.45, 7) is 8.59. The average molecular weight is 281 g/mol. The van der Waals surface area contributed by atoms with E-state index in [9.17, 15) is 4.79 Å². The van der Waals surface area contributed by atoms with Gasteiger partial charge in [-0.2, -0.15) is 0 Å². The Kier molecular flexibility index (Phi) is 4.93. The van der Waals surface area contributed by atoms with E-state index < -0.39 is 0 Å². The predicted octanol–water partition coefficient (Wildman–Crippen LogP) is 2.36. The molecule has 1 aromatic rings. The predicted molar refractivity (Wildman–Crippen MR) is 78.2 cm³/mol. The van der Waals surface area contributed by atoms with Crippen molar-refractivity contribution in [2.45, 2.75) is 39.7 Å². The van der Waals surface area contributed by atoms with E-state index in [1.54, 1.807) is 11.3 Å². The summed E-state index contributed by atoms with van der Waals surface area (Å²) in [7, 11) is 0. The highest BCUT2D eigenvalue weighted by atomic mass is 32.1. The summed E-state index contributed by atoms with van der Waals surface area (Å²) in [4.78, 5) is 19.6. The zero-order valence-corrected chi connectivity index (χ0v) is 12.8. The normalized spacial score (nSPS) is 18.6. The molecular weight excluding hydrogens is 258 g/mol. The first-order valence-electron chi connectivity index (χ1n) is 6.99. The van der Waals surface area contributed by atoms with E-state index in [-0.39, 0.29) is 11.9 Å². The molecule has 106 valence electrons. The number of carbonyl (C=O) groups excluding carboxylic acids is 1. The van der Waals surface area contributed by atoms with Crippen LogP contribution >= 0.6 is 11.3 Å². The Morgan fingerprint density at radius 2 is 2.26 bits per heavy atom. The van der Waals surface area contributed by atoms with E-state index in [0.717, 1.165) is 36.9 Å². The van der Waals surface area contributed by atoms with Crippen LogP contribution in [0.4, 0.5) is 0 Å². The molecule has 19 heavy (non-hydrogen) atoms. The minimum absolute atomic E-state index is 0.145. The van der Waals surface area contributed by atoms with Crippen molar-refractivity contribution >= 4 is 17.2 Å². The van der Waals surface area contributed by atoms with Gasteiger partial charge in [-0.25, -0.2) is 4.98 Å². The van der Waals surface area contributed by atoms with Gasteiger partial charge in [-0.3, -0.25) is 10.1 Å². The van der Waals surface area contributed by atoms with Gasteiger partial charge in [0.25, 0.3) is 0 Å². The molecule has 1 aliphatic rings. The van der Waals surface area contributed by atoms with Gasteiger partial charge in [0.1, 0.15) is 5.01 Å². The minimum Gasteiger partial charge on any atom is -0.342 e. The van der Waals surface area contributed by atoms with E-state index in [2.05, 4.69) is 24.1 Å². The van der Waals surface area contributed by atoms with Crippen molar-refractivity contribution in [3.63, 3.8) is 0 Å². The van der Waals surface area contributed by atoms with Crippen molar-refractivity contribution in [3.05, 3.63) is 16.1 Å². The number of piperidine rings is 1. The lowest BCUT2D eigenvalue weighted by molar-refractivity contribution is -0.131. The van der Waals surface area contributed by atoms with Crippen LogP contribution in [-0.4, -0.2) is 35.4 Å². The number of rotatable bonds is 4. The number of amides is 1. The summed E-state index contributed by atoms with van der Waals surface area (Å²) < 4.78 is 0. The second kappa shape index (κ2) is 6.48. The molecule has 1 aromatic heterocycles. The third-order valence-corrected chi connectivity index (χ3v) is 4.80. The van der Waals surface area contributed by atoms with Crippen LogP contribution < -0.4 is 5.32 Å². The topological polar surface area (TPSA) is 45.2 Å². The number of nitrogens with zero attached hydrogens (tertiary/aromatic N) is 2. The van der Waals surface area contributed by atoms with Gasteiger partial charge >= 0.3 is 0 Å². The number of thiazole rings is 1. The fourth-order valence-corrected chi connectivity index (χ4v) is 3.07. The lowest BCUT2D eigenvalue weighted by atomic mass is 9.99. The number of carbonyl (C=O) groups is 1. The minimum atomic E-state index is 0.145. The molecule has 0 spiro atoms. The molecule has 1 fully saturated rings. The van der Waals surface area contributed by atoms with E-state index in [4.69, 9.17) is 0 Å². The highest BCUT2D eigenvalue weighted by Crippen LogP contribution is 2.19. The smallest absolute Gasteiger partial charge is 0.236 e. The van der Waals surface area contributed by atoms with Crippen LogP contribution in [0.25, 0.3) is 0 Å². The fourth-order valence-electron chi connectivity index (χ4n) is 2.27. The molecule has 1 saturated heterocycles. The molecule has 1 N–H and O–H groups in total. The maximum Gasteiger partial charge on any atom is 0.236 e. The zero-order chi connectivity index (χ0) is 13.8. The van der Waals surface area contributed by atoms with Crippen molar-refractivity contribution in [1.29, 1.82) is 0 Å². The van der Waals surface area contributed by atoms with E-state index >= 15 is 0 Å². The molecule has 5 heteroatoms. The Morgan fingerprint density at radius 3 is 2.84 bits per heavy atom. The van der Waals surface area contributed by atoms with Crippen LogP contribution in [0, 0.1) is 12.8 Å². The van der Waals surface area contributed by atoms with Crippen LogP contribution in [0.2, 0.25) is 0 Å². The van der Waals surface area contributed by atoms with Crippen LogP contribution in [0.15, 0.2) is 6.20 Å². The number of aryl methyl sites for hydroxylation is 1. The molecular formula is C14H23N3OS. The Balaban J connectivity index is 1.77. The molecule has 0 aromatic carbocycles. The van der Waals surface area contributed by atoms with Crippen molar-refractivity contribution in [2.75, 3.05) is 19.6 Å². The molecule has 0 bridgehead atoms. The number of hydrogen-bond donors (Lipinski definition) is 1. The van der Waals surface area contributed by atoms with Crippen molar-refractivity contribution in [1.82, 2.24) is 15.2 Å². The molecule has 1 aliphatic heterocycles. The Morgan fingerprint density at radius 1 is 1.58 bits per heavy atom. The Hall–Kier alpha value is -0.940. The molecule has 2 rings (SSSR count). The number of aromatic nitrogens is 1. The SMILES string of the molecule is Cc1cnc([C@@H](C)NCC(=O)N2CCC(C)CC2)s1. The molecule has 0 aliphatic carbocycles. The average Bonchev–Trinajstić information content (AvgIpc) is 2.83. The first-order chi connectivity index (χ1) is 9.06. The number of nitrogens with one attached hydrogen (secondary N) is 1. The second-order valence-electron chi connectivity index (χ2n) is 5.48. The maximum atomic E-state index is 12.1. The summed E-state index contributed by atoms with van der Waals surface area (Å²) in [5.74, 6) is 0.973. The third-order valence-electron chi connectivity index (χ3n) is 3.71. The van der Waals surface area contributed by atoms with E-state index in [1.807, 2.05) is 18.0 Å². The van der Waals surface area contributed by atoms with Crippen LogP contribution in [0.5, 0.6) is 0 Å². The largest absolute Gasteiger partial charge is 0.342 e. The Bertz CT molecular complexity index is 424. The van der Waals surface area contributed by atoms with Gasteiger partial charge in [-0.1, -0.05) is 6.92 Å². The summed E-state index contributed by atoms with van der Waals surface area (Å²) in [6.07, 6.45) is 4.14. The summed E-state index contributed by atoms with van der Waals surface area (Å²) in [5, 5.41) is 4.33. The zero-order valence-electron chi connectivity index (χ0n) is 12.0. The van der Waals surface area contributed by atoms with Crippen molar-refractivity contribution in [2.24, 2.45) is 5.92 Å². The van der Waals surface area contributed by atoms with E-state index in [0.29, 0.717) is 6.54 Å². The Labute approximate surface area is 119 Å². The number of likely N-dealkylation sites (tertiary alicyclic amines) is 1. The number of hydrogen-bond acceptors (Lipinski definition) is 4. The third kappa shape index (κ3) is 4.01. The summed E-state index contributed by atoms with van der Waals surface area (Å²) in [6, 6.07) is 0.145. The van der Waals surface area contributed by atoms with E-state index in [1.165, 1.54) is 4.88 Å². The first-order valence-corrected chi connectivity index (χ1v) is 7.81. The van der Waals surface area contributed by atoms with Gasteiger partial charge in [-0.05, 0) is 32.6 Å². The fraction of sp³-hybridized carbons (Fsp3) is 0.714. The van der Waals surface area contributed by atoms with Gasteiger partial charge in [0.2, 0.25) is 5.91 Å². The molecule has 0 unspecified atom stereocenters. The summed E-state index contributed by atoms with van der Waals surface area (Å²) in [5.41, 5.74) is 0. The van der Waals surface area contributed by atoms with Crippen molar-refractivity contribution in [3.8, 4) is 0 Å². The second-order valence-corrected chi connectivity index (χ2v) is 6.74. The summed E-state index contributed by atoms with van der Waals surface area (Å²) >= 11 is 1.68. The molecule has 4 nitrogen and oxygen atoms in total. The standard InChI is InChI=1S/C14H23N3OS/c1-10-4-6-17(7-5-10)13(18)9-15-12(3)14-16-8-11(2)19-14/h8,10,12,15H,4-7,9H2,1-3H3/t12-/m1/s1. The maximum absolute atomic E-state index is 12.1.